The van der Waals surface area contributed by atoms with Crippen LogP contribution < -0.4 is 4.74 Å². The van der Waals surface area contributed by atoms with E-state index in [1.165, 1.54) is 24.3 Å². The van der Waals surface area contributed by atoms with Crippen molar-refractivity contribution >= 4 is 16.9 Å². The van der Waals surface area contributed by atoms with Crippen LogP contribution >= 0.6 is 0 Å². The lowest BCUT2D eigenvalue weighted by molar-refractivity contribution is -0.134. The first-order chi connectivity index (χ1) is 15.3. The second-order valence-electron chi connectivity index (χ2n) is 7.93. The molecule has 2 aliphatic rings. The van der Waals surface area contributed by atoms with Gasteiger partial charge in [-0.25, -0.2) is 8.51 Å². The zero-order valence-electron chi connectivity index (χ0n) is 17.5. The van der Waals surface area contributed by atoms with Gasteiger partial charge in [0.1, 0.15) is 16.7 Å². The minimum atomic E-state index is -2.90. The SMILES string of the molecule is CC(O)C(C(=O)N1CC2=C(C1)CN(S(=O)c1ccc(OC(F)F)cc1)C2)c1ccccc1. The molecule has 2 aromatic rings. The maximum Gasteiger partial charge on any atom is 0.387 e. The number of hydrogen-bond acceptors (Lipinski definition) is 4. The molecule has 3 atom stereocenters. The number of benzene rings is 2. The fourth-order valence-electron chi connectivity index (χ4n) is 4.19. The second kappa shape index (κ2) is 9.48. The Labute approximate surface area is 187 Å². The van der Waals surface area contributed by atoms with Crippen LogP contribution in [-0.2, 0) is 15.8 Å². The summed E-state index contributed by atoms with van der Waals surface area (Å²) < 4.78 is 43.6. The summed E-state index contributed by atoms with van der Waals surface area (Å²) in [7, 11) is -1.45. The van der Waals surface area contributed by atoms with Crippen molar-refractivity contribution in [3.8, 4) is 5.75 Å². The summed E-state index contributed by atoms with van der Waals surface area (Å²) in [5.41, 5.74) is 2.89. The molecule has 0 aromatic heterocycles. The largest absolute Gasteiger partial charge is 0.435 e. The average Bonchev–Trinajstić information content (AvgIpc) is 3.33. The highest BCUT2D eigenvalue weighted by Gasteiger charge is 2.38. The van der Waals surface area contributed by atoms with Gasteiger partial charge in [-0.1, -0.05) is 30.3 Å². The molecule has 0 saturated heterocycles. The molecule has 2 aromatic carbocycles. The Bertz CT molecular complexity index is 1010. The van der Waals surface area contributed by atoms with Gasteiger partial charge >= 0.3 is 6.61 Å². The van der Waals surface area contributed by atoms with Crippen molar-refractivity contribution < 1.29 is 27.6 Å². The Morgan fingerprint density at radius 2 is 1.59 bits per heavy atom. The molecule has 0 radical (unpaired) electrons. The number of alkyl halides is 2. The number of amides is 1. The number of halogens is 2. The first-order valence-electron chi connectivity index (χ1n) is 10.3. The molecule has 0 saturated carbocycles. The summed E-state index contributed by atoms with van der Waals surface area (Å²) in [6.45, 7) is 0.531. The highest BCUT2D eigenvalue weighted by molar-refractivity contribution is 7.82. The summed E-state index contributed by atoms with van der Waals surface area (Å²) in [5, 5.41) is 10.2. The molecule has 9 heteroatoms. The zero-order chi connectivity index (χ0) is 22.8. The van der Waals surface area contributed by atoms with Gasteiger partial charge in [0.15, 0.2) is 0 Å². The van der Waals surface area contributed by atoms with Crippen LogP contribution in [0.1, 0.15) is 18.4 Å². The number of aliphatic hydroxyl groups excluding tert-OH is 1. The molecule has 0 fully saturated rings. The fourth-order valence-corrected chi connectivity index (χ4v) is 5.40. The molecular formula is C23H24F2N2O4S. The van der Waals surface area contributed by atoms with Gasteiger partial charge in [0.25, 0.3) is 0 Å². The van der Waals surface area contributed by atoms with Gasteiger partial charge in [-0.05, 0) is 47.9 Å². The van der Waals surface area contributed by atoms with Gasteiger partial charge in [-0.3, -0.25) is 4.79 Å². The van der Waals surface area contributed by atoms with Crippen molar-refractivity contribution in [1.82, 2.24) is 9.21 Å². The molecule has 0 bridgehead atoms. The lowest BCUT2D eigenvalue weighted by Crippen LogP contribution is -2.40. The van der Waals surface area contributed by atoms with Crippen LogP contribution in [-0.4, -0.2) is 63.3 Å². The van der Waals surface area contributed by atoms with Crippen LogP contribution in [0, 0.1) is 0 Å². The van der Waals surface area contributed by atoms with E-state index in [1.54, 1.807) is 16.1 Å². The van der Waals surface area contributed by atoms with E-state index in [1.807, 2.05) is 30.3 Å². The Hall–Kier alpha value is -2.62. The van der Waals surface area contributed by atoms with Crippen molar-refractivity contribution in [2.75, 3.05) is 26.2 Å². The van der Waals surface area contributed by atoms with Gasteiger partial charge in [-0.15, -0.1) is 0 Å². The van der Waals surface area contributed by atoms with Crippen molar-refractivity contribution in [3.63, 3.8) is 0 Å². The number of ether oxygens (including phenoxy) is 1. The molecule has 2 aliphatic heterocycles. The third-order valence-corrected chi connectivity index (χ3v) is 7.10. The molecule has 1 amide bonds. The minimum Gasteiger partial charge on any atom is -0.435 e. The molecule has 0 spiro atoms. The minimum absolute atomic E-state index is 0.0167. The van der Waals surface area contributed by atoms with E-state index in [0.29, 0.717) is 31.1 Å². The number of hydrogen-bond donors (Lipinski definition) is 1. The Kier molecular flexibility index (Phi) is 6.68. The molecule has 6 nitrogen and oxygen atoms in total. The number of aliphatic hydroxyl groups is 1. The van der Waals surface area contributed by atoms with E-state index < -0.39 is 29.6 Å². The van der Waals surface area contributed by atoms with Crippen LogP contribution in [0.15, 0.2) is 70.6 Å². The predicted octanol–water partition coefficient (Wildman–Crippen LogP) is 2.93. The normalized spacial score (nSPS) is 19.2. The standard InChI is InChI=1S/C23H24F2N2O4S/c1-15(28)21(16-5-3-2-4-6-16)22(29)26-11-17-13-27(14-18(17)12-26)32(30)20-9-7-19(8-10-20)31-23(24)25/h2-10,15,21,23,28H,11-14H2,1H3. The van der Waals surface area contributed by atoms with E-state index in [9.17, 15) is 22.9 Å². The molecular weight excluding hydrogens is 438 g/mol. The Balaban J connectivity index is 1.38. The van der Waals surface area contributed by atoms with Crippen LogP contribution in [0.5, 0.6) is 5.75 Å². The quantitative estimate of drug-likeness (QED) is 0.643. The lowest BCUT2D eigenvalue weighted by Gasteiger charge is -2.28. The van der Waals surface area contributed by atoms with Gasteiger partial charge in [0.05, 0.1) is 16.9 Å². The maximum atomic E-state index is 13.2. The van der Waals surface area contributed by atoms with E-state index >= 15 is 0 Å². The smallest absolute Gasteiger partial charge is 0.387 e. The van der Waals surface area contributed by atoms with E-state index in [2.05, 4.69) is 4.74 Å². The third kappa shape index (κ3) is 4.74. The topological polar surface area (TPSA) is 70.1 Å². The van der Waals surface area contributed by atoms with Crippen molar-refractivity contribution in [2.45, 2.75) is 30.5 Å². The van der Waals surface area contributed by atoms with E-state index in [4.69, 9.17) is 0 Å². The van der Waals surface area contributed by atoms with Gasteiger partial charge in [-0.2, -0.15) is 8.78 Å². The lowest BCUT2D eigenvalue weighted by atomic mass is 9.93. The summed E-state index contributed by atoms with van der Waals surface area (Å²) >= 11 is 0. The second-order valence-corrected chi connectivity index (χ2v) is 9.41. The molecule has 4 rings (SSSR count). The number of nitrogens with zero attached hydrogens (tertiary/aromatic N) is 2. The van der Waals surface area contributed by atoms with Crippen LogP contribution in [0.4, 0.5) is 8.78 Å². The third-order valence-electron chi connectivity index (χ3n) is 5.70. The number of carbonyl (C=O) groups excluding carboxylic acids is 1. The molecule has 170 valence electrons. The zero-order valence-corrected chi connectivity index (χ0v) is 18.3. The summed E-state index contributed by atoms with van der Waals surface area (Å²) in [5.74, 6) is -0.735. The monoisotopic (exact) mass is 462 g/mol. The first kappa shape index (κ1) is 22.6. The highest BCUT2D eigenvalue weighted by atomic mass is 32.2. The van der Waals surface area contributed by atoms with Crippen molar-refractivity contribution in [2.24, 2.45) is 0 Å². The Morgan fingerprint density at radius 3 is 2.12 bits per heavy atom. The molecule has 0 aliphatic carbocycles. The summed E-state index contributed by atoms with van der Waals surface area (Å²) in [4.78, 5) is 15.4. The van der Waals surface area contributed by atoms with Crippen LogP contribution in [0.3, 0.4) is 0 Å². The van der Waals surface area contributed by atoms with Crippen LogP contribution in [0.25, 0.3) is 0 Å². The van der Waals surface area contributed by atoms with Gasteiger partial charge in [0, 0.05) is 26.2 Å². The first-order valence-corrected chi connectivity index (χ1v) is 11.4. The van der Waals surface area contributed by atoms with Gasteiger partial charge in [0.2, 0.25) is 5.91 Å². The summed E-state index contributed by atoms with van der Waals surface area (Å²) in [6, 6.07) is 15.0. The summed E-state index contributed by atoms with van der Waals surface area (Å²) in [6.07, 6.45) is -0.818. The number of carbonyl (C=O) groups is 1. The van der Waals surface area contributed by atoms with Gasteiger partial charge < -0.3 is 14.7 Å². The number of rotatable bonds is 7. The van der Waals surface area contributed by atoms with E-state index in [0.717, 1.165) is 16.7 Å². The van der Waals surface area contributed by atoms with E-state index in [-0.39, 0.29) is 11.7 Å². The van der Waals surface area contributed by atoms with Crippen LogP contribution in [0.2, 0.25) is 0 Å². The maximum absolute atomic E-state index is 13.2. The molecule has 32 heavy (non-hydrogen) atoms. The molecule has 2 heterocycles. The van der Waals surface area contributed by atoms with Crippen molar-refractivity contribution in [3.05, 3.63) is 71.3 Å². The highest BCUT2D eigenvalue weighted by Crippen LogP contribution is 2.32. The molecule has 1 N–H and O–H groups in total. The predicted molar refractivity (Wildman–Crippen MR) is 116 cm³/mol. The fraction of sp³-hybridized carbons (Fsp3) is 0.348. The van der Waals surface area contributed by atoms with Crippen molar-refractivity contribution in [1.29, 1.82) is 0 Å². The molecule has 3 unspecified atom stereocenters. The Morgan fingerprint density at radius 1 is 1.00 bits per heavy atom. The average molecular weight is 463 g/mol.